The van der Waals surface area contributed by atoms with Crippen LogP contribution >= 0.6 is 0 Å². The molecule has 124 valence electrons. The molecule has 3 rings (SSSR count). The van der Waals surface area contributed by atoms with Gasteiger partial charge in [0.1, 0.15) is 16.2 Å². The molecule has 6 heteroatoms. The summed E-state index contributed by atoms with van der Waals surface area (Å²) in [6.07, 6.45) is 0. The molecule has 0 aliphatic carbocycles. The Morgan fingerprint density at radius 1 is 0.917 bits per heavy atom. The SMILES string of the molecule is Cc1ccc(C)c(S(=O)(=O)Oc2ccc3c(C)cc(=O)oc3c2)c1. The summed E-state index contributed by atoms with van der Waals surface area (Å²) in [4.78, 5) is 11.6. The van der Waals surface area contributed by atoms with E-state index in [1.54, 1.807) is 32.0 Å². The number of benzene rings is 2. The van der Waals surface area contributed by atoms with Gasteiger partial charge in [-0.2, -0.15) is 8.42 Å². The van der Waals surface area contributed by atoms with Crippen LogP contribution in [0.4, 0.5) is 0 Å². The van der Waals surface area contributed by atoms with Crippen molar-refractivity contribution in [1.29, 1.82) is 0 Å². The van der Waals surface area contributed by atoms with Crippen molar-refractivity contribution in [3.8, 4) is 5.75 Å². The van der Waals surface area contributed by atoms with Crippen LogP contribution in [0.2, 0.25) is 0 Å². The maximum atomic E-state index is 12.5. The minimum Gasteiger partial charge on any atom is -0.423 e. The van der Waals surface area contributed by atoms with Crippen LogP contribution < -0.4 is 9.81 Å². The summed E-state index contributed by atoms with van der Waals surface area (Å²) < 4.78 is 35.4. The summed E-state index contributed by atoms with van der Waals surface area (Å²) in [5.41, 5.74) is 1.97. The molecular formula is C18H16O5S. The second-order valence-electron chi connectivity index (χ2n) is 5.71. The third kappa shape index (κ3) is 3.05. The summed E-state index contributed by atoms with van der Waals surface area (Å²) in [5.74, 6) is 0.0946. The van der Waals surface area contributed by atoms with E-state index in [9.17, 15) is 13.2 Å². The van der Waals surface area contributed by atoms with Gasteiger partial charge in [0.25, 0.3) is 0 Å². The van der Waals surface area contributed by atoms with Crippen LogP contribution in [0.3, 0.4) is 0 Å². The number of aryl methyl sites for hydroxylation is 3. The second-order valence-corrected chi connectivity index (χ2v) is 7.23. The molecule has 0 atom stereocenters. The van der Waals surface area contributed by atoms with Gasteiger partial charge >= 0.3 is 15.7 Å². The zero-order chi connectivity index (χ0) is 17.5. The standard InChI is InChI=1S/C18H16O5S/c1-11-4-5-12(2)17(8-11)24(20,21)23-14-6-7-15-13(3)9-18(19)22-16(15)10-14/h4-10H,1-3H3. The lowest BCUT2D eigenvalue weighted by molar-refractivity contribution is 0.484. The Morgan fingerprint density at radius 3 is 2.42 bits per heavy atom. The maximum absolute atomic E-state index is 12.5. The van der Waals surface area contributed by atoms with E-state index < -0.39 is 15.7 Å². The van der Waals surface area contributed by atoms with Crippen molar-refractivity contribution in [2.75, 3.05) is 0 Å². The first-order valence-electron chi connectivity index (χ1n) is 7.32. The number of hydrogen-bond donors (Lipinski definition) is 0. The van der Waals surface area contributed by atoms with Gasteiger partial charge in [0.15, 0.2) is 0 Å². The molecule has 0 N–H and O–H groups in total. The Hall–Kier alpha value is -2.60. The zero-order valence-electron chi connectivity index (χ0n) is 13.5. The Morgan fingerprint density at radius 2 is 1.67 bits per heavy atom. The molecule has 0 bridgehead atoms. The number of fused-ring (bicyclic) bond motifs is 1. The van der Waals surface area contributed by atoms with Crippen molar-refractivity contribution < 1.29 is 17.0 Å². The van der Waals surface area contributed by atoms with Gasteiger partial charge in [-0.25, -0.2) is 4.79 Å². The van der Waals surface area contributed by atoms with Gasteiger partial charge in [-0.1, -0.05) is 12.1 Å². The molecule has 0 amide bonds. The molecule has 0 radical (unpaired) electrons. The summed E-state index contributed by atoms with van der Waals surface area (Å²) in [6, 6.07) is 11.1. The van der Waals surface area contributed by atoms with E-state index in [-0.39, 0.29) is 16.2 Å². The van der Waals surface area contributed by atoms with Gasteiger partial charge in [-0.05, 0) is 55.7 Å². The number of hydrogen-bond acceptors (Lipinski definition) is 5. The average Bonchev–Trinajstić information content (AvgIpc) is 2.48. The van der Waals surface area contributed by atoms with Gasteiger partial charge in [-0.3, -0.25) is 0 Å². The molecule has 1 heterocycles. The lowest BCUT2D eigenvalue weighted by Gasteiger charge is -2.10. The van der Waals surface area contributed by atoms with Crippen molar-refractivity contribution in [3.63, 3.8) is 0 Å². The highest BCUT2D eigenvalue weighted by atomic mass is 32.2. The highest BCUT2D eigenvalue weighted by molar-refractivity contribution is 7.87. The fourth-order valence-corrected chi connectivity index (χ4v) is 3.74. The highest BCUT2D eigenvalue weighted by Crippen LogP contribution is 2.26. The predicted molar refractivity (Wildman–Crippen MR) is 91.0 cm³/mol. The molecule has 0 saturated carbocycles. The lowest BCUT2D eigenvalue weighted by Crippen LogP contribution is -2.11. The first-order chi connectivity index (χ1) is 11.3. The van der Waals surface area contributed by atoms with Gasteiger partial charge in [0.05, 0.1) is 0 Å². The smallest absolute Gasteiger partial charge is 0.339 e. The van der Waals surface area contributed by atoms with Crippen molar-refractivity contribution in [2.45, 2.75) is 25.7 Å². The van der Waals surface area contributed by atoms with Crippen LogP contribution in [0.1, 0.15) is 16.7 Å². The monoisotopic (exact) mass is 344 g/mol. The average molecular weight is 344 g/mol. The van der Waals surface area contributed by atoms with Crippen molar-refractivity contribution >= 4 is 21.1 Å². The first kappa shape index (κ1) is 16.3. The highest BCUT2D eigenvalue weighted by Gasteiger charge is 2.20. The maximum Gasteiger partial charge on any atom is 0.339 e. The predicted octanol–water partition coefficient (Wildman–Crippen LogP) is 3.49. The van der Waals surface area contributed by atoms with E-state index in [0.29, 0.717) is 5.56 Å². The third-order valence-electron chi connectivity index (χ3n) is 3.74. The summed E-state index contributed by atoms with van der Waals surface area (Å²) in [7, 11) is -3.98. The van der Waals surface area contributed by atoms with Gasteiger partial charge in [0.2, 0.25) is 0 Å². The quantitative estimate of drug-likeness (QED) is 0.537. The second kappa shape index (κ2) is 5.79. The fourth-order valence-electron chi connectivity index (χ4n) is 2.51. The fraction of sp³-hybridized carbons (Fsp3) is 0.167. The van der Waals surface area contributed by atoms with Gasteiger partial charge in [-0.15, -0.1) is 0 Å². The van der Waals surface area contributed by atoms with E-state index in [2.05, 4.69) is 0 Å². The molecule has 0 aliphatic rings. The molecule has 0 aliphatic heterocycles. The molecule has 0 fully saturated rings. The van der Waals surface area contributed by atoms with Crippen LogP contribution in [0.5, 0.6) is 5.75 Å². The van der Waals surface area contributed by atoms with Crippen LogP contribution in [0.15, 0.2) is 56.6 Å². The van der Waals surface area contributed by atoms with E-state index in [1.807, 2.05) is 13.0 Å². The van der Waals surface area contributed by atoms with Gasteiger partial charge < -0.3 is 8.60 Å². The molecule has 1 aromatic heterocycles. The molecule has 2 aromatic carbocycles. The van der Waals surface area contributed by atoms with E-state index in [4.69, 9.17) is 8.60 Å². The normalized spacial score (nSPS) is 11.6. The molecule has 0 spiro atoms. The topological polar surface area (TPSA) is 73.6 Å². The van der Waals surface area contributed by atoms with Crippen molar-refractivity contribution in [3.05, 3.63) is 69.6 Å². The Balaban J connectivity index is 2.05. The summed E-state index contributed by atoms with van der Waals surface area (Å²) in [5, 5.41) is 0.728. The molecule has 0 saturated heterocycles. The molecule has 5 nitrogen and oxygen atoms in total. The number of rotatable bonds is 3. The Bertz CT molecular complexity index is 1090. The van der Waals surface area contributed by atoms with E-state index >= 15 is 0 Å². The van der Waals surface area contributed by atoms with E-state index in [0.717, 1.165) is 16.5 Å². The van der Waals surface area contributed by atoms with Crippen LogP contribution in [0, 0.1) is 20.8 Å². The molecule has 24 heavy (non-hydrogen) atoms. The van der Waals surface area contributed by atoms with Crippen LogP contribution in [0.25, 0.3) is 11.0 Å². The first-order valence-corrected chi connectivity index (χ1v) is 8.73. The van der Waals surface area contributed by atoms with Crippen molar-refractivity contribution in [1.82, 2.24) is 0 Å². The van der Waals surface area contributed by atoms with E-state index in [1.165, 1.54) is 18.2 Å². The van der Waals surface area contributed by atoms with Gasteiger partial charge in [0, 0.05) is 17.5 Å². The Labute approximate surface area is 139 Å². The third-order valence-corrected chi connectivity index (χ3v) is 5.13. The lowest BCUT2D eigenvalue weighted by atomic mass is 10.1. The molecule has 0 unspecified atom stereocenters. The minimum atomic E-state index is -3.98. The van der Waals surface area contributed by atoms with Crippen LogP contribution in [-0.2, 0) is 10.1 Å². The largest absolute Gasteiger partial charge is 0.423 e. The Kier molecular flexibility index (Phi) is 3.93. The summed E-state index contributed by atoms with van der Waals surface area (Å²) >= 11 is 0. The minimum absolute atomic E-state index is 0.0946. The molecule has 3 aromatic rings. The van der Waals surface area contributed by atoms with Crippen LogP contribution in [-0.4, -0.2) is 8.42 Å². The van der Waals surface area contributed by atoms with Crippen molar-refractivity contribution in [2.24, 2.45) is 0 Å². The summed E-state index contributed by atoms with van der Waals surface area (Å²) in [6.45, 7) is 5.30. The zero-order valence-corrected chi connectivity index (χ0v) is 14.3. The molecular weight excluding hydrogens is 328 g/mol.